The second kappa shape index (κ2) is 5.67. The monoisotopic (exact) mass is 306 g/mol. The maximum Gasteiger partial charge on any atom is 0.347 e. The lowest BCUT2D eigenvalue weighted by molar-refractivity contribution is -0.115. The zero-order valence-corrected chi connectivity index (χ0v) is 11.4. The number of aliphatic imine (C=N–C) groups is 1. The number of amides is 3. The summed E-state index contributed by atoms with van der Waals surface area (Å²) in [5.74, 6) is -1.12. The number of nitrogens with one attached hydrogen (secondary N) is 2. The Morgan fingerprint density at radius 3 is 2.76 bits per heavy atom. The number of H-pyrrole nitrogens is 1. The second-order valence-corrected chi connectivity index (χ2v) is 4.40. The minimum Gasteiger partial charge on any atom is -0.494 e. The Hall–Kier alpha value is -2.81. The average molecular weight is 306 g/mol. The van der Waals surface area contributed by atoms with E-state index in [1.165, 1.54) is 10.6 Å². The van der Waals surface area contributed by atoms with Crippen LogP contribution in [-0.4, -0.2) is 32.8 Å². The molecule has 2 rings (SSSR count). The summed E-state index contributed by atoms with van der Waals surface area (Å²) in [6.45, 7) is 3.69. The van der Waals surface area contributed by atoms with Gasteiger partial charge in [0.1, 0.15) is 5.56 Å². The number of nitrogens with zero attached hydrogens (tertiary/aromatic N) is 2. The molecule has 1 aromatic rings. The van der Waals surface area contributed by atoms with E-state index in [2.05, 4.69) is 16.6 Å². The lowest BCUT2D eigenvalue weighted by Gasteiger charge is -2.10. The van der Waals surface area contributed by atoms with Crippen LogP contribution in [0.2, 0.25) is 0 Å². The Labute approximate surface area is 123 Å². The number of hydrogen-bond donors (Lipinski definition) is 3. The Kier molecular flexibility index (Phi) is 3.94. The average Bonchev–Trinajstić information content (AvgIpc) is 2.41. The van der Waals surface area contributed by atoms with Crippen LogP contribution < -0.4 is 10.9 Å². The molecule has 9 heteroatoms. The molecule has 0 spiro atoms. The number of aromatic nitrogens is 2. The van der Waals surface area contributed by atoms with Gasteiger partial charge < -0.3 is 5.11 Å². The van der Waals surface area contributed by atoms with Gasteiger partial charge in [0.2, 0.25) is 5.88 Å². The van der Waals surface area contributed by atoms with Crippen molar-refractivity contribution in [1.82, 2.24) is 14.9 Å². The maximum atomic E-state index is 11.9. The van der Waals surface area contributed by atoms with Gasteiger partial charge in [-0.1, -0.05) is 6.08 Å². The summed E-state index contributed by atoms with van der Waals surface area (Å²) < 4.78 is 1.26. The molecule has 21 heavy (non-hydrogen) atoms. The molecule has 0 bridgehead atoms. The van der Waals surface area contributed by atoms with Crippen LogP contribution in [-0.2, 0) is 11.3 Å². The van der Waals surface area contributed by atoms with Crippen molar-refractivity contribution in [3.05, 3.63) is 38.9 Å². The SMILES string of the molecule is C=CCn1c(O)c(C=C2C=NC(=O)NC2=O)c(=O)[nH]c1=S. The molecule has 0 aliphatic carbocycles. The number of urea groups is 1. The molecule has 3 N–H and O–H groups in total. The molecule has 0 atom stereocenters. The Morgan fingerprint density at radius 1 is 1.43 bits per heavy atom. The van der Waals surface area contributed by atoms with E-state index in [1.54, 1.807) is 0 Å². The molecular formula is C12H10N4O4S. The fourth-order valence-electron chi connectivity index (χ4n) is 1.65. The van der Waals surface area contributed by atoms with Gasteiger partial charge in [0.05, 0.1) is 5.57 Å². The summed E-state index contributed by atoms with van der Waals surface area (Å²) in [6, 6.07) is -0.794. The lowest BCUT2D eigenvalue weighted by atomic mass is 10.1. The van der Waals surface area contributed by atoms with Crippen molar-refractivity contribution in [1.29, 1.82) is 0 Å². The van der Waals surface area contributed by atoms with E-state index in [0.717, 1.165) is 12.3 Å². The van der Waals surface area contributed by atoms with Crippen LogP contribution in [0.5, 0.6) is 5.88 Å². The third-order valence-corrected chi connectivity index (χ3v) is 2.94. The summed E-state index contributed by atoms with van der Waals surface area (Å²) >= 11 is 4.92. The van der Waals surface area contributed by atoms with E-state index in [-0.39, 0.29) is 22.5 Å². The Bertz CT molecular complexity index is 816. The zero-order valence-electron chi connectivity index (χ0n) is 10.6. The largest absolute Gasteiger partial charge is 0.494 e. The minimum absolute atomic E-state index is 0.0245. The first-order valence-electron chi connectivity index (χ1n) is 5.72. The molecule has 1 aliphatic rings. The molecule has 1 aliphatic heterocycles. The number of rotatable bonds is 3. The number of carbonyl (C=O) groups excluding carboxylic acids is 2. The molecule has 0 saturated heterocycles. The highest BCUT2D eigenvalue weighted by atomic mass is 32.1. The highest BCUT2D eigenvalue weighted by Gasteiger charge is 2.18. The van der Waals surface area contributed by atoms with Gasteiger partial charge in [-0.2, -0.15) is 0 Å². The van der Waals surface area contributed by atoms with Gasteiger partial charge in [0.15, 0.2) is 4.77 Å². The van der Waals surface area contributed by atoms with Crippen molar-refractivity contribution >= 4 is 36.4 Å². The van der Waals surface area contributed by atoms with Crippen molar-refractivity contribution in [2.45, 2.75) is 6.54 Å². The van der Waals surface area contributed by atoms with Crippen LogP contribution in [0.4, 0.5) is 4.79 Å². The molecule has 0 aromatic carbocycles. The molecular weight excluding hydrogens is 296 g/mol. The lowest BCUT2D eigenvalue weighted by Crippen LogP contribution is -2.33. The normalized spacial score (nSPS) is 16.1. The molecule has 0 saturated carbocycles. The first-order valence-corrected chi connectivity index (χ1v) is 6.13. The van der Waals surface area contributed by atoms with Crippen LogP contribution in [0.25, 0.3) is 6.08 Å². The highest BCUT2D eigenvalue weighted by molar-refractivity contribution is 7.71. The van der Waals surface area contributed by atoms with E-state index >= 15 is 0 Å². The van der Waals surface area contributed by atoms with Crippen LogP contribution >= 0.6 is 12.2 Å². The van der Waals surface area contributed by atoms with Gasteiger partial charge >= 0.3 is 6.03 Å². The molecule has 8 nitrogen and oxygen atoms in total. The Morgan fingerprint density at radius 2 is 2.14 bits per heavy atom. The van der Waals surface area contributed by atoms with Crippen molar-refractivity contribution in [3.8, 4) is 5.88 Å². The topological polar surface area (TPSA) is 117 Å². The maximum absolute atomic E-state index is 11.9. The van der Waals surface area contributed by atoms with Gasteiger partial charge in [0, 0.05) is 12.8 Å². The summed E-state index contributed by atoms with van der Waals surface area (Å²) in [7, 11) is 0. The first kappa shape index (κ1) is 14.6. The van der Waals surface area contributed by atoms with E-state index < -0.39 is 23.4 Å². The van der Waals surface area contributed by atoms with E-state index in [4.69, 9.17) is 12.2 Å². The quantitative estimate of drug-likeness (QED) is 0.427. The molecule has 1 aromatic heterocycles. The van der Waals surface area contributed by atoms with E-state index in [0.29, 0.717) is 0 Å². The summed E-state index contributed by atoms with van der Waals surface area (Å²) in [6.07, 6.45) is 3.62. The molecule has 0 fully saturated rings. The van der Waals surface area contributed by atoms with Crippen LogP contribution in [0, 0.1) is 4.77 Å². The summed E-state index contributed by atoms with van der Waals surface area (Å²) in [5.41, 5.74) is -0.877. The Balaban J connectivity index is 2.62. The number of hydrogen-bond acceptors (Lipinski definition) is 5. The van der Waals surface area contributed by atoms with Gasteiger partial charge in [-0.05, 0) is 18.3 Å². The smallest absolute Gasteiger partial charge is 0.347 e. The van der Waals surface area contributed by atoms with E-state index in [1.807, 2.05) is 5.32 Å². The van der Waals surface area contributed by atoms with Crippen molar-refractivity contribution in [3.63, 3.8) is 0 Å². The van der Waals surface area contributed by atoms with Crippen LogP contribution in [0.1, 0.15) is 5.56 Å². The third-order valence-electron chi connectivity index (χ3n) is 2.62. The number of aromatic amines is 1. The number of carbonyl (C=O) groups is 2. The van der Waals surface area contributed by atoms with E-state index in [9.17, 15) is 19.5 Å². The van der Waals surface area contributed by atoms with Crippen molar-refractivity contribution < 1.29 is 14.7 Å². The van der Waals surface area contributed by atoms with Gasteiger partial charge in [-0.3, -0.25) is 24.5 Å². The first-order chi connectivity index (χ1) is 9.93. The number of aromatic hydroxyl groups is 1. The van der Waals surface area contributed by atoms with Gasteiger partial charge in [-0.25, -0.2) is 9.79 Å². The summed E-state index contributed by atoms with van der Waals surface area (Å²) in [5, 5.41) is 12.0. The summed E-state index contributed by atoms with van der Waals surface area (Å²) in [4.78, 5) is 40.1. The van der Waals surface area contributed by atoms with Crippen molar-refractivity contribution in [2.75, 3.05) is 0 Å². The number of imide groups is 1. The van der Waals surface area contributed by atoms with Crippen molar-refractivity contribution in [2.24, 2.45) is 4.99 Å². The molecule has 108 valence electrons. The van der Waals surface area contributed by atoms with Gasteiger partial charge in [-0.15, -0.1) is 6.58 Å². The van der Waals surface area contributed by atoms with Gasteiger partial charge in [0.25, 0.3) is 11.5 Å². The molecule has 2 heterocycles. The second-order valence-electron chi connectivity index (χ2n) is 4.01. The molecule has 0 unspecified atom stereocenters. The predicted octanol–water partition coefficient (Wildman–Crippen LogP) is 0.501. The highest BCUT2D eigenvalue weighted by Crippen LogP contribution is 2.16. The van der Waals surface area contributed by atoms with Crippen LogP contribution in [0.15, 0.2) is 28.0 Å². The van der Waals surface area contributed by atoms with Crippen LogP contribution in [0.3, 0.4) is 0 Å². The fourth-order valence-corrected chi connectivity index (χ4v) is 1.90. The zero-order chi connectivity index (χ0) is 15.6. The fraction of sp³-hybridized carbons (Fsp3) is 0.0833. The molecule has 0 radical (unpaired) electrons. The molecule has 3 amide bonds. The third kappa shape index (κ3) is 2.87. The number of allylic oxidation sites excluding steroid dienone is 1. The predicted molar refractivity (Wildman–Crippen MR) is 77.8 cm³/mol. The minimum atomic E-state index is -0.794. The standard InChI is InChI=1S/C12H10N4O4S/c1-2-3-16-10(19)7(9(18)15-12(16)21)4-6-5-13-11(20)14-8(6)17/h2,4-5,19H,1,3H2,(H,14,17,20)(H,15,18,21).